The number of hydrogen-bond acceptors (Lipinski definition) is 9. The molecule has 142 valence electrons. The van der Waals surface area contributed by atoms with Crippen LogP contribution in [-0.2, 0) is 0 Å². The Kier molecular flexibility index (Phi) is 4.64. The van der Waals surface area contributed by atoms with Gasteiger partial charge in [-0.05, 0) is 12.1 Å². The van der Waals surface area contributed by atoms with Gasteiger partial charge < -0.3 is 5.32 Å². The number of nitro benzene ring substituents is 3. The Morgan fingerprint density at radius 2 is 1.68 bits per heavy atom. The fourth-order valence-electron chi connectivity index (χ4n) is 2.51. The van der Waals surface area contributed by atoms with Crippen LogP contribution in [0.3, 0.4) is 0 Å². The highest BCUT2D eigenvalue weighted by atomic mass is 16.6. The third-order valence-electron chi connectivity index (χ3n) is 3.82. The molecule has 0 fully saturated rings. The van der Waals surface area contributed by atoms with E-state index >= 15 is 0 Å². The lowest BCUT2D eigenvalue weighted by Crippen LogP contribution is -2.20. The SMILES string of the molecule is O=C(CNc1ccc([N+](=O)[O-])c([N+](=O)[O-])c1)n1cnc2ccc([N+](=O)[O-])cc21. The third-order valence-corrected chi connectivity index (χ3v) is 3.82. The number of hydrogen-bond donors (Lipinski definition) is 1. The van der Waals surface area contributed by atoms with Crippen molar-refractivity contribution in [2.75, 3.05) is 11.9 Å². The summed E-state index contributed by atoms with van der Waals surface area (Å²) in [5.41, 5.74) is -0.858. The van der Waals surface area contributed by atoms with Crippen molar-refractivity contribution in [2.24, 2.45) is 0 Å². The van der Waals surface area contributed by atoms with Crippen LogP contribution in [0.2, 0.25) is 0 Å². The van der Waals surface area contributed by atoms with Gasteiger partial charge in [-0.2, -0.15) is 0 Å². The van der Waals surface area contributed by atoms with Gasteiger partial charge in [-0.25, -0.2) is 4.98 Å². The van der Waals surface area contributed by atoms with Gasteiger partial charge in [-0.15, -0.1) is 0 Å². The van der Waals surface area contributed by atoms with Crippen LogP contribution in [0.5, 0.6) is 0 Å². The molecule has 0 saturated heterocycles. The second kappa shape index (κ2) is 7.06. The predicted molar refractivity (Wildman–Crippen MR) is 95.3 cm³/mol. The standard InChI is InChI=1S/C15H10N6O7/c22-15(18-8-17-11-3-2-10(19(23)24)6-13(11)18)7-16-9-1-4-12(20(25)26)14(5-9)21(27)28/h1-6,8,16H,7H2. The van der Waals surface area contributed by atoms with Crippen molar-refractivity contribution in [3.63, 3.8) is 0 Å². The maximum atomic E-state index is 12.4. The number of nitro groups is 3. The van der Waals surface area contributed by atoms with Gasteiger partial charge in [-0.3, -0.25) is 39.7 Å². The fourth-order valence-corrected chi connectivity index (χ4v) is 2.51. The zero-order chi connectivity index (χ0) is 20.4. The number of nitrogens with zero attached hydrogens (tertiary/aromatic N) is 5. The van der Waals surface area contributed by atoms with Crippen molar-refractivity contribution >= 4 is 39.7 Å². The Bertz CT molecular complexity index is 1140. The predicted octanol–water partition coefficient (Wildman–Crippen LogP) is 2.51. The van der Waals surface area contributed by atoms with Gasteiger partial charge in [0.05, 0.1) is 32.3 Å². The second-order valence-corrected chi connectivity index (χ2v) is 5.51. The maximum Gasteiger partial charge on any atom is 0.348 e. The van der Waals surface area contributed by atoms with E-state index in [4.69, 9.17) is 0 Å². The van der Waals surface area contributed by atoms with Gasteiger partial charge in [0.2, 0.25) is 0 Å². The topological polar surface area (TPSA) is 176 Å². The van der Waals surface area contributed by atoms with Crippen LogP contribution in [0.1, 0.15) is 4.79 Å². The van der Waals surface area contributed by atoms with Crippen molar-refractivity contribution in [3.8, 4) is 0 Å². The number of rotatable bonds is 6. The number of aromatic nitrogens is 2. The molecular formula is C15H10N6O7. The summed E-state index contributed by atoms with van der Waals surface area (Å²) in [5.74, 6) is -0.538. The smallest absolute Gasteiger partial charge is 0.348 e. The average molecular weight is 386 g/mol. The molecule has 0 radical (unpaired) electrons. The molecule has 1 aromatic heterocycles. The summed E-state index contributed by atoms with van der Waals surface area (Å²) in [4.78, 5) is 46.7. The second-order valence-electron chi connectivity index (χ2n) is 5.51. The van der Waals surface area contributed by atoms with Crippen molar-refractivity contribution in [1.82, 2.24) is 9.55 Å². The molecule has 0 saturated carbocycles. The van der Waals surface area contributed by atoms with E-state index in [1.165, 1.54) is 30.6 Å². The fraction of sp³-hybridized carbons (Fsp3) is 0.0667. The molecule has 0 unspecified atom stereocenters. The molecule has 1 N–H and O–H groups in total. The van der Waals surface area contributed by atoms with Crippen LogP contribution >= 0.6 is 0 Å². The first kappa shape index (κ1) is 18.4. The van der Waals surface area contributed by atoms with Crippen molar-refractivity contribution in [3.05, 3.63) is 73.1 Å². The molecule has 2 aromatic carbocycles. The minimum atomic E-state index is -0.895. The molecule has 3 rings (SSSR count). The van der Waals surface area contributed by atoms with Gasteiger partial charge in [-0.1, -0.05) is 0 Å². The minimum absolute atomic E-state index is 0.126. The lowest BCUT2D eigenvalue weighted by atomic mass is 10.2. The normalized spacial score (nSPS) is 10.6. The van der Waals surface area contributed by atoms with Crippen molar-refractivity contribution in [2.45, 2.75) is 0 Å². The summed E-state index contributed by atoms with van der Waals surface area (Å²) in [7, 11) is 0. The Morgan fingerprint density at radius 1 is 0.964 bits per heavy atom. The van der Waals surface area contributed by atoms with Gasteiger partial charge in [0, 0.05) is 30.0 Å². The molecular weight excluding hydrogens is 376 g/mol. The van der Waals surface area contributed by atoms with Crippen molar-refractivity contribution in [1.29, 1.82) is 0 Å². The van der Waals surface area contributed by atoms with Gasteiger partial charge in [0.25, 0.3) is 11.6 Å². The zero-order valence-electron chi connectivity index (χ0n) is 13.8. The van der Waals surface area contributed by atoms with Crippen LogP contribution < -0.4 is 5.32 Å². The van der Waals surface area contributed by atoms with E-state index in [1.54, 1.807) is 0 Å². The molecule has 1 heterocycles. The van der Waals surface area contributed by atoms with Gasteiger partial charge >= 0.3 is 11.4 Å². The molecule has 0 aliphatic heterocycles. The van der Waals surface area contributed by atoms with E-state index in [0.29, 0.717) is 5.52 Å². The molecule has 28 heavy (non-hydrogen) atoms. The molecule has 3 aromatic rings. The molecule has 13 nitrogen and oxygen atoms in total. The van der Waals surface area contributed by atoms with E-state index < -0.39 is 32.1 Å². The van der Waals surface area contributed by atoms with E-state index in [-0.39, 0.29) is 23.4 Å². The quantitative estimate of drug-likeness (QED) is 0.492. The number of benzene rings is 2. The number of anilines is 1. The van der Waals surface area contributed by atoms with E-state index in [9.17, 15) is 35.1 Å². The Hall–Kier alpha value is -4.42. The highest BCUT2D eigenvalue weighted by Gasteiger charge is 2.24. The number of carbonyl (C=O) groups is 1. The van der Waals surface area contributed by atoms with Crippen LogP contribution in [0, 0.1) is 30.3 Å². The van der Waals surface area contributed by atoms with Gasteiger partial charge in [0.15, 0.2) is 0 Å². The van der Waals surface area contributed by atoms with Crippen LogP contribution in [-0.4, -0.2) is 36.8 Å². The van der Waals surface area contributed by atoms with Crippen molar-refractivity contribution < 1.29 is 19.6 Å². The Labute approximate surface area is 154 Å². The molecule has 0 spiro atoms. The van der Waals surface area contributed by atoms with E-state index in [2.05, 4.69) is 10.3 Å². The summed E-state index contributed by atoms with van der Waals surface area (Å²) in [5, 5.41) is 35.3. The summed E-state index contributed by atoms with van der Waals surface area (Å²) in [6.45, 7) is -0.330. The highest BCUT2D eigenvalue weighted by Crippen LogP contribution is 2.29. The molecule has 0 aliphatic rings. The zero-order valence-corrected chi connectivity index (χ0v) is 13.8. The number of non-ortho nitro benzene ring substituents is 1. The molecule has 0 atom stereocenters. The van der Waals surface area contributed by atoms with Crippen LogP contribution in [0.25, 0.3) is 11.0 Å². The number of fused-ring (bicyclic) bond motifs is 1. The molecule has 13 heteroatoms. The molecule has 0 bridgehead atoms. The first-order valence-electron chi connectivity index (χ1n) is 7.59. The number of nitrogens with one attached hydrogen (secondary N) is 1. The first-order valence-corrected chi connectivity index (χ1v) is 7.59. The number of carbonyl (C=O) groups excluding carboxylic acids is 1. The third kappa shape index (κ3) is 3.44. The van der Waals surface area contributed by atoms with E-state index in [0.717, 1.165) is 16.7 Å². The lowest BCUT2D eigenvalue weighted by Gasteiger charge is -2.07. The largest absolute Gasteiger partial charge is 0.376 e. The average Bonchev–Trinajstić information content (AvgIpc) is 3.08. The monoisotopic (exact) mass is 386 g/mol. The van der Waals surface area contributed by atoms with Crippen LogP contribution in [0.15, 0.2) is 42.7 Å². The lowest BCUT2D eigenvalue weighted by molar-refractivity contribution is -0.422. The summed E-state index contributed by atoms with van der Waals surface area (Å²) in [6.07, 6.45) is 1.21. The maximum absolute atomic E-state index is 12.4. The van der Waals surface area contributed by atoms with Gasteiger partial charge in [0.1, 0.15) is 6.33 Å². The summed E-state index contributed by atoms with van der Waals surface area (Å²) >= 11 is 0. The summed E-state index contributed by atoms with van der Waals surface area (Å²) < 4.78 is 1.11. The minimum Gasteiger partial charge on any atom is -0.376 e. The highest BCUT2D eigenvalue weighted by molar-refractivity contribution is 5.93. The molecule has 0 aliphatic carbocycles. The van der Waals surface area contributed by atoms with Crippen LogP contribution in [0.4, 0.5) is 22.7 Å². The molecule has 0 amide bonds. The first-order chi connectivity index (χ1) is 13.3. The number of imidazole rings is 1. The van der Waals surface area contributed by atoms with E-state index in [1.807, 2.05) is 0 Å². The Morgan fingerprint density at radius 3 is 2.32 bits per heavy atom. The summed E-state index contributed by atoms with van der Waals surface area (Å²) in [6, 6.07) is 7.01. The Balaban J connectivity index is 1.83.